The highest BCUT2D eigenvalue weighted by molar-refractivity contribution is 7.89. The van der Waals surface area contributed by atoms with E-state index in [0.717, 1.165) is 0 Å². The van der Waals surface area contributed by atoms with Crippen LogP contribution >= 0.6 is 11.6 Å². The lowest BCUT2D eigenvalue weighted by molar-refractivity contribution is -0.135. The van der Waals surface area contributed by atoms with Gasteiger partial charge in [-0.2, -0.15) is 4.31 Å². The van der Waals surface area contributed by atoms with E-state index in [9.17, 15) is 13.2 Å². The van der Waals surface area contributed by atoms with Crippen molar-refractivity contribution < 1.29 is 13.2 Å². The average Bonchev–Trinajstić information content (AvgIpc) is 2.38. The fourth-order valence-electron chi connectivity index (χ4n) is 2.19. The Hall–Kier alpha value is -1.11. The monoisotopic (exact) mass is 316 g/mol. The molecule has 1 fully saturated rings. The van der Waals surface area contributed by atoms with Gasteiger partial charge in [-0.3, -0.25) is 4.79 Å². The Morgan fingerprint density at radius 3 is 2.50 bits per heavy atom. The lowest BCUT2D eigenvalue weighted by Gasteiger charge is -2.35. The van der Waals surface area contributed by atoms with Crippen molar-refractivity contribution in [3.63, 3.8) is 0 Å². The van der Waals surface area contributed by atoms with Gasteiger partial charge in [0.2, 0.25) is 15.9 Å². The molecule has 5 nitrogen and oxygen atoms in total. The van der Waals surface area contributed by atoms with E-state index >= 15 is 0 Å². The van der Waals surface area contributed by atoms with Crippen molar-refractivity contribution >= 4 is 27.5 Å². The van der Waals surface area contributed by atoms with Crippen molar-refractivity contribution in [2.75, 3.05) is 19.6 Å². The van der Waals surface area contributed by atoms with Crippen LogP contribution in [0.1, 0.15) is 13.8 Å². The quantitative estimate of drug-likeness (QED) is 0.850. The molecule has 1 aromatic carbocycles. The van der Waals surface area contributed by atoms with Crippen LogP contribution in [-0.2, 0) is 14.8 Å². The first-order chi connectivity index (χ1) is 9.32. The van der Waals surface area contributed by atoms with Crippen molar-refractivity contribution in [1.29, 1.82) is 0 Å². The maximum absolute atomic E-state index is 12.5. The molecule has 0 saturated carbocycles. The van der Waals surface area contributed by atoms with Crippen LogP contribution < -0.4 is 0 Å². The van der Waals surface area contributed by atoms with Crippen LogP contribution in [0, 0.1) is 0 Å². The molecular formula is C13H17ClN2O3S. The largest absolute Gasteiger partial charge is 0.338 e. The van der Waals surface area contributed by atoms with Crippen LogP contribution in [0.2, 0.25) is 5.02 Å². The highest BCUT2D eigenvalue weighted by Gasteiger charge is 2.33. The van der Waals surface area contributed by atoms with Crippen LogP contribution in [0.15, 0.2) is 29.2 Å². The summed E-state index contributed by atoms with van der Waals surface area (Å²) in [7, 11) is -3.67. The van der Waals surface area contributed by atoms with E-state index in [2.05, 4.69) is 0 Å². The number of halogens is 1. The second kappa shape index (κ2) is 5.71. The van der Waals surface area contributed by atoms with Gasteiger partial charge >= 0.3 is 0 Å². The number of piperazine rings is 1. The minimum Gasteiger partial charge on any atom is -0.338 e. The van der Waals surface area contributed by atoms with E-state index in [1.807, 2.05) is 13.8 Å². The Labute approximate surface area is 124 Å². The van der Waals surface area contributed by atoms with Crippen molar-refractivity contribution in [3.05, 3.63) is 29.3 Å². The number of hydrogen-bond donors (Lipinski definition) is 0. The summed E-state index contributed by atoms with van der Waals surface area (Å²) in [6.45, 7) is 4.43. The Kier molecular flexibility index (Phi) is 4.36. The smallest absolute Gasteiger partial charge is 0.243 e. The maximum Gasteiger partial charge on any atom is 0.243 e. The van der Waals surface area contributed by atoms with Gasteiger partial charge in [-0.15, -0.1) is 0 Å². The van der Waals surface area contributed by atoms with E-state index in [0.29, 0.717) is 18.1 Å². The number of nitrogens with zero attached hydrogens (tertiary/aromatic N) is 2. The normalized spacial score (nSPS) is 17.8. The second-order valence-electron chi connectivity index (χ2n) is 4.98. The van der Waals surface area contributed by atoms with Crippen LogP contribution in [-0.4, -0.2) is 49.2 Å². The molecule has 0 aromatic heterocycles. The lowest BCUT2D eigenvalue weighted by atomic mass is 10.2. The summed E-state index contributed by atoms with van der Waals surface area (Å²) in [5, 5.41) is 0.359. The number of rotatable bonds is 3. The number of hydrogen-bond acceptors (Lipinski definition) is 3. The highest BCUT2D eigenvalue weighted by Crippen LogP contribution is 2.21. The SMILES string of the molecule is CC(C)N1CCN(S(=O)(=O)c2cccc(Cl)c2)CC1=O. The number of carbonyl (C=O) groups excluding carboxylic acids is 1. The number of sulfonamides is 1. The molecule has 1 aliphatic rings. The molecule has 1 saturated heterocycles. The third kappa shape index (κ3) is 2.97. The van der Waals surface area contributed by atoms with E-state index in [-0.39, 0.29) is 23.4 Å². The molecule has 1 aliphatic heterocycles. The first-order valence-electron chi connectivity index (χ1n) is 6.37. The number of amides is 1. The van der Waals surface area contributed by atoms with Crippen LogP contribution in [0.25, 0.3) is 0 Å². The Balaban J connectivity index is 2.23. The zero-order valence-electron chi connectivity index (χ0n) is 11.4. The molecule has 2 rings (SSSR count). The molecule has 0 spiro atoms. The Bertz CT molecular complexity index is 616. The second-order valence-corrected chi connectivity index (χ2v) is 7.35. The standard InChI is InChI=1S/C13H17ClN2O3S/c1-10(2)16-7-6-15(9-13(16)17)20(18,19)12-5-3-4-11(14)8-12/h3-5,8,10H,6-7,9H2,1-2H3. The molecule has 0 unspecified atom stereocenters. The topological polar surface area (TPSA) is 57.7 Å². The summed E-state index contributed by atoms with van der Waals surface area (Å²) in [5.74, 6) is -0.170. The molecular weight excluding hydrogens is 300 g/mol. The summed E-state index contributed by atoms with van der Waals surface area (Å²) in [6.07, 6.45) is 0. The first-order valence-corrected chi connectivity index (χ1v) is 8.19. The number of benzene rings is 1. The molecule has 0 bridgehead atoms. The molecule has 110 valence electrons. The predicted octanol–water partition coefficient (Wildman–Crippen LogP) is 1.58. The number of carbonyl (C=O) groups is 1. The molecule has 20 heavy (non-hydrogen) atoms. The summed E-state index contributed by atoms with van der Waals surface area (Å²) in [4.78, 5) is 13.8. The van der Waals surface area contributed by atoms with Gasteiger partial charge < -0.3 is 4.90 Å². The van der Waals surface area contributed by atoms with Gasteiger partial charge in [0.15, 0.2) is 0 Å². The van der Waals surface area contributed by atoms with Crippen molar-refractivity contribution in [2.45, 2.75) is 24.8 Å². The zero-order valence-corrected chi connectivity index (χ0v) is 13.0. The predicted molar refractivity (Wildman–Crippen MR) is 77.1 cm³/mol. The highest BCUT2D eigenvalue weighted by atomic mass is 35.5. The minimum absolute atomic E-state index is 0.0820. The van der Waals surface area contributed by atoms with Gasteiger partial charge in [-0.25, -0.2) is 8.42 Å². The van der Waals surface area contributed by atoms with E-state index in [4.69, 9.17) is 11.6 Å². The molecule has 1 heterocycles. The minimum atomic E-state index is -3.67. The summed E-state index contributed by atoms with van der Waals surface area (Å²) >= 11 is 5.83. The average molecular weight is 317 g/mol. The summed E-state index contributed by atoms with van der Waals surface area (Å²) < 4.78 is 26.1. The van der Waals surface area contributed by atoms with E-state index in [1.165, 1.54) is 16.4 Å². The van der Waals surface area contributed by atoms with Crippen LogP contribution in [0.4, 0.5) is 0 Å². The Morgan fingerprint density at radius 1 is 1.25 bits per heavy atom. The van der Waals surface area contributed by atoms with Crippen molar-refractivity contribution in [1.82, 2.24) is 9.21 Å². The molecule has 0 aliphatic carbocycles. The van der Waals surface area contributed by atoms with Crippen molar-refractivity contribution in [3.8, 4) is 0 Å². The molecule has 0 radical (unpaired) electrons. The molecule has 7 heteroatoms. The summed E-state index contributed by atoms with van der Waals surface area (Å²) in [6, 6.07) is 6.17. The molecule has 1 amide bonds. The van der Waals surface area contributed by atoms with E-state index < -0.39 is 10.0 Å². The third-order valence-corrected chi connectivity index (χ3v) is 5.36. The summed E-state index contributed by atoms with van der Waals surface area (Å²) in [5.41, 5.74) is 0. The van der Waals surface area contributed by atoms with Gasteiger partial charge in [-0.05, 0) is 32.0 Å². The van der Waals surface area contributed by atoms with Crippen LogP contribution in [0.5, 0.6) is 0 Å². The van der Waals surface area contributed by atoms with Gasteiger partial charge in [0.05, 0.1) is 11.4 Å². The molecule has 0 atom stereocenters. The van der Waals surface area contributed by atoms with Gasteiger partial charge in [0.25, 0.3) is 0 Å². The third-order valence-electron chi connectivity index (χ3n) is 3.28. The van der Waals surface area contributed by atoms with E-state index in [1.54, 1.807) is 17.0 Å². The lowest BCUT2D eigenvalue weighted by Crippen LogP contribution is -2.54. The van der Waals surface area contributed by atoms with Crippen LogP contribution in [0.3, 0.4) is 0 Å². The van der Waals surface area contributed by atoms with Gasteiger partial charge in [-0.1, -0.05) is 17.7 Å². The molecule has 1 aromatic rings. The Morgan fingerprint density at radius 2 is 1.95 bits per heavy atom. The van der Waals surface area contributed by atoms with Crippen molar-refractivity contribution in [2.24, 2.45) is 0 Å². The maximum atomic E-state index is 12.5. The van der Waals surface area contributed by atoms with Gasteiger partial charge in [0.1, 0.15) is 0 Å². The molecule has 0 N–H and O–H groups in total. The fourth-order valence-corrected chi connectivity index (χ4v) is 3.87. The van der Waals surface area contributed by atoms with Gasteiger partial charge in [0, 0.05) is 24.2 Å². The zero-order chi connectivity index (χ0) is 14.9. The first kappa shape index (κ1) is 15.3. The fraction of sp³-hybridized carbons (Fsp3) is 0.462.